The van der Waals surface area contributed by atoms with Gasteiger partial charge in [0.15, 0.2) is 10.9 Å². The Morgan fingerprint density at radius 2 is 2.00 bits per heavy atom. The number of hydrogen-bond donors (Lipinski definition) is 2. The number of carbonyl (C=O) groups is 3. The molecule has 2 aliphatic rings. The minimum atomic E-state index is -0.975. The van der Waals surface area contributed by atoms with Crippen LogP contribution in [0, 0.1) is 11.8 Å². The Morgan fingerprint density at radius 3 is 2.60 bits per heavy atom. The minimum absolute atomic E-state index is 0.0144. The second kappa shape index (κ2) is 4.97. The predicted octanol–water partition coefficient (Wildman–Crippen LogP) is 1.71. The number of Topliss-reactive ketones (excluding diaryl/α,β-unsaturated/α-hetero) is 1. The van der Waals surface area contributed by atoms with Crippen molar-refractivity contribution < 1.29 is 19.5 Å². The summed E-state index contributed by atoms with van der Waals surface area (Å²) in [6.45, 7) is 0. The fourth-order valence-electron chi connectivity index (χ4n) is 2.44. The minimum Gasteiger partial charge on any atom is -0.481 e. The van der Waals surface area contributed by atoms with E-state index in [-0.39, 0.29) is 30.4 Å². The van der Waals surface area contributed by atoms with E-state index in [1.165, 1.54) is 0 Å². The van der Waals surface area contributed by atoms with Crippen molar-refractivity contribution in [1.29, 1.82) is 0 Å². The van der Waals surface area contributed by atoms with Crippen molar-refractivity contribution in [3.05, 3.63) is 10.6 Å². The van der Waals surface area contributed by atoms with Gasteiger partial charge in [0.05, 0.1) is 16.5 Å². The van der Waals surface area contributed by atoms with Gasteiger partial charge < -0.3 is 10.4 Å². The van der Waals surface area contributed by atoms with Crippen molar-refractivity contribution in [2.45, 2.75) is 32.1 Å². The summed E-state index contributed by atoms with van der Waals surface area (Å²) in [5, 5.41) is 12.1. The number of nitrogens with zero attached hydrogens (tertiary/aromatic N) is 1. The molecule has 7 heteroatoms. The fourth-order valence-corrected chi connectivity index (χ4v) is 3.38. The maximum atomic E-state index is 11.9. The van der Waals surface area contributed by atoms with Crippen molar-refractivity contribution in [1.82, 2.24) is 4.98 Å². The summed E-state index contributed by atoms with van der Waals surface area (Å²) in [6, 6.07) is 0. The van der Waals surface area contributed by atoms with E-state index in [4.69, 9.17) is 5.11 Å². The summed E-state index contributed by atoms with van der Waals surface area (Å²) >= 11 is 1.15. The van der Waals surface area contributed by atoms with Gasteiger partial charge in [-0.2, -0.15) is 0 Å². The van der Waals surface area contributed by atoms with Crippen LogP contribution in [-0.4, -0.2) is 27.8 Å². The molecular weight excluding hydrogens is 280 g/mol. The van der Waals surface area contributed by atoms with Crippen LogP contribution in [0.5, 0.6) is 0 Å². The van der Waals surface area contributed by atoms with Crippen LogP contribution in [0.25, 0.3) is 0 Å². The van der Waals surface area contributed by atoms with E-state index in [0.29, 0.717) is 15.7 Å². The van der Waals surface area contributed by atoms with Gasteiger partial charge in [-0.05, 0) is 12.8 Å². The third-order valence-electron chi connectivity index (χ3n) is 3.88. The Hall–Kier alpha value is -1.76. The van der Waals surface area contributed by atoms with Crippen molar-refractivity contribution in [3.63, 3.8) is 0 Å². The molecule has 1 heterocycles. The van der Waals surface area contributed by atoms with Crippen molar-refractivity contribution >= 4 is 34.1 Å². The van der Waals surface area contributed by atoms with Crippen LogP contribution in [0.1, 0.15) is 41.0 Å². The van der Waals surface area contributed by atoms with E-state index in [1.807, 2.05) is 0 Å². The summed E-state index contributed by atoms with van der Waals surface area (Å²) in [5.41, 5.74) is 0.502. The van der Waals surface area contributed by atoms with E-state index in [9.17, 15) is 14.4 Å². The van der Waals surface area contributed by atoms with Gasteiger partial charge >= 0.3 is 5.97 Å². The number of amides is 1. The molecule has 0 saturated heterocycles. The summed E-state index contributed by atoms with van der Waals surface area (Å²) in [7, 11) is 0. The fraction of sp³-hybridized carbons (Fsp3) is 0.538. The number of aromatic nitrogens is 1. The molecule has 0 radical (unpaired) electrons. The molecule has 1 amide bonds. The number of nitrogens with one attached hydrogen (secondary N) is 1. The average molecular weight is 294 g/mol. The van der Waals surface area contributed by atoms with Gasteiger partial charge in [-0.25, -0.2) is 4.98 Å². The van der Waals surface area contributed by atoms with Crippen LogP contribution in [0.15, 0.2) is 0 Å². The number of carbonyl (C=O) groups excluding carboxylic acids is 2. The molecule has 0 spiro atoms. The number of hydrogen-bond acceptors (Lipinski definition) is 5. The molecule has 0 aromatic carbocycles. The maximum Gasteiger partial charge on any atom is 0.307 e. The third kappa shape index (κ3) is 2.33. The zero-order valence-electron chi connectivity index (χ0n) is 10.7. The second-order valence-corrected chi connectivity index (χ2v) is 6.28. The van der Waals surface area contributed by atoms with Gasteiger partial charge in [0.2, 0.25) is 5.91 Å². The van der Waals surface area contributed by atoms with Gasteiger partial charge in [-0.1, -0.05) is 17.8 Å². The molecule has 20 heavy (non-hydrogen) atoms. The van der Waals surface area contributed by atoms with Crippen molar-refractivity contribution in [2.24, 2.45) is 11.8 Å². The summed E-state index contributed by atoms with van der Waals surface area (Å²) in [6.07, 6.45) is 3.14. The topological polar surface area (TPSA) is 96.4 Å². The molecule has 6 nitrogen and oxygen atoms in total. The Morgan fingerprint density at radius 1 is 1.25 bits per heavy atom. The van der Waals surface area contributed by atoms with E-state index in [2.05, 4.69) is 10.3 Å². The highest BCUT2D eigenvalue weighted by molar-refractivity contribution is 7.17. The third-order valence-corrected chi connectivity index (χ3v) is 4.93. The van der Waals surface area contributed by atoms with Gasteiger partial charge in [0.25, 0.3) is 0 Å². The lowest BCUT2D eigenvalue weighted by Gasteiger charge is -2.23. The van der Waals surface area contributed by atoms with E-state index in [0.717, 1.165) is 30.6 Å². The van der Waals surface area contributed by atoms with Gasteiger partial charge in [0, 0.05) is 18.8 Å². The SMILES string of the molecule is O=C1CC(C(=O)O)Cc2nc(NC(=O)C3CCC3)sc21. The molecule has 1 atom stereocenters. The first-order valence-corrected chi connectivity index (χ1v) is 7.43. The first-order chi connectivity index (χ1) is 9.54. The smallest absolute Gasteiger partial charge is 0.307 e. The van der Waals surface area contributed by atoms with Gasteiger partial charge in [-0.15, -0.1) is 0 Å². The molecule has 1 aromatic rings. The van der Waals surface area contributed by atoms with Crippen LogP contribution < -0.4 is 5.32 Å². The number of rotatable bonds is 3. The highest BCUT2D eigenvalue weighted by Gasteiger charge is 2.33. The normalized spacial score (nSPS) is 22.0. The molecule has 1 aromatic heterocycles. The lowest BCUT2D eigenvalue weighted by Crippen LogP contribution is -2.28. The largest absolute Gasteiger partial charge is 0.481 e. The molecule has 3 rings (SSSR count). The van der Waals surface area contributed by atoms with Crippen LogP contribution in [0.2, 0.25) is 0 Å². The van der Waals surface area contributed by atoms with Crippen molar-refractivity contribution in [3.8, 4) is 0 Å². The molecule has 1 fully saturated rings. The van der Waals surface area contributed by atoms with E-state index >= 15 is 0 Å². The number of ketones is 1. The zero-order chi connectivity index (χ0) is 14.3. The number of carboxylic acid groups (broad SMARTS) is 1. The van der Waals surface area contributed by atoms with E-state index < -0.39 is 11.9 Å². The number of thiazole rings is 1. The van der Waals surface area contributed by atoms with E-state index in [1.54, 1.807) is 0 Å². The molecule has 2 aliphatic carbocycles. The summed E-state index contributed by atoms with van der Waals surface area (Å²) < 4.78 is 0. The van der Waals surface area contributed by atoms with Crippen molar-refractivity contribution in [2.75, 3.05) is 5.32 Å². The Labute approximate surface area is 119 Å². The molecule has 106 valence electrons. The first kappa shape index (κ1) is 13.2. The first-order valence-electron chi connectivity index (χ1n) is 6.61. The molecule has 1 saturated carbocycles. The monoisotopic (exact) mass is 294 g/mol. The Kier molecular flexibility index (Phi) is 3.29. The number of carboxylic acids is 1. The Balaban J connectivity index is 1.76. The lowest BCUT2D eigenvalue weighted by molar-refractivity contribution is -0.141. The number of fused-ring (bicyclic) bond motifs is 1. The van der Waals surface area contributed by atoms with Crippen LogP contribution in [0.3, 0.4) is 0 Å². The highest BCUT2D eigenvalue weighted by Crippen LogP contribution is 2.33. The van der Waals surface area contributed by atoms with Crippen LogP contribution in [0.4, 0.5) is 5.13 Å². The summed E-state index contributed by atoms with van der Waals surface area (Å²) in [5.74, 6) is -1.87. The molecule has 1 unspecified atom stereocenters. The molecular formula is C13H14N2O4S. The maximum absolute atomic E-state index is 11.9. The highest BCUT2D eigenvalue weighted by atomic mass is 32.1. The summed E-state index contributed by atoms with van der Waals surface area (Å²) in [4.78, 5) is 39.4. The number of aliphatic carboxylic acids is 1. The molecule has 0 bridgehead atoms. The zero-order valence-corrected chi connectivity index (χ0v) is 11.5. The van der Waals surface area contributed by atoms with Crippen LogP contribution in [-0.2, 0) is 16.0 Å². The number of anilines is 1. The standard InChI is InChI=1S/C13H14N2O4S/c16-9-5-7(12(18)19)4-8-10(9)20-13(14-8)15-11(17)6-2-1-3-6/h6-7H,1-5H2,(H,18,19)(H,14,15,17). The molecule has 2 N–H and O–H groups in total. The van der Waals surface area contributed by atoms with Gasteiger partial charge in [0.1, 0.15) is 0 Å². The van der Waals surface area contributed by atoms with Crippen LogP contribution >= 0.6 is 11.3 Å². The quantitative estimate of drug-likeness (QED) is 0.884. The van der Waals surface area contributed by atoms with Gasteiger partial charge in [-0.3, -0.25) is 14.4 Å². The Bertz CT molecular complexity index is 591. The predicted molar refractivity (Wildman–Crippen MR) is 71.9 cm³/mol. The average Bonchev–Trinajstić information content (AvgIpc) is 2.69. The lowest BCUT2D eigenvalue weighted by atomic mass is 9.85. The molecule has 0 aliphatic heterocycles. The second-order valence-electron chi connectivity index (χ2n) is 5.28.